The van der Waals surface area contributed by atoms with Gasteiger partial charge in [0.25, 0.3) is 0 Å². The largest absolute Gasteiger partial charge is 0.323 e. The van der Waals surface area contributed by atoms with Crippen LogP contribution in [0, 0.1) is 0 Å². The first-order valence-electron chi connectivity index (χ1n) is 8.30. The first kappa shape index (κ1) is 18.6. The summed E-state index contributed by atoms with van der Waals surface area (Å²) in [6.45, 7) is 1.13. The number of benzene rings is 2. The number of hydrogen-bond acceptors (Lipinski definition) is 3. The number of amides is 1. The molecule has 1 N–H and O–H groups in total. The zero-order chi connectivity index (χ0) is 18.6. The molecule has 7 heteroatoms. The molecule has 26 heavy (non-hydrogen) atoms. The SMILES string of the molecule is O=C(/C=C/c1ccc(Cl)cc1)Nc1ccc(S(=O)(=O)N2CCCC2)cc1. The van der Waals surface area contributed by atoms with Crippen LogP contribution in [-0.2, 0) is 14.8 Å². The van der Waals surface area contributed by atoms with E-state index in [-0.39, 0.29) is 10.8 Å². The minimum atomic E-state index is -3.44. The van der Waals surface area contributed by atoms with Crippen LogP contribution in [0.25, 0.3) is 6.08 Å². The van der Waals surface area contributed by atoms with Gasteiger partial charge in [-0.1, -0.05) is 23.7 Å². The fourth-order valence-electron chi connectivity index (χ4n) is 2.72. The highest BCUT2D eigenvalue weighted by Gasteiger charge is 2.26. The molecule has 0 unspecified atom stereocenters. The number of rotatable bonds is 5. The highest BCUT2D eigenvalue weighted by Crippen LogP contribution is 2.22. The van der Waals surface area contributed by atoms with Crippen LogP contribution < -0.4 is 5.32 Å². The van der Waals surface area contributed by atoms with Crippen LogP contribution >= 0.6 is 11.6 Å². The Bertz CT molecular complexity index is 901. The lowest BCUT2D eigenvalue weighted by molar-refractivity contribution is -0.111. The molecule has 0 atom stereocenters. The number of sulfonamides is 1. The van der Waals surface area contributed by atoms with Gasteiger partial charge in [0.05, 0.1) is 4.90 Å². The van der Waals surface area contributed by atoms with Crippen molar-refractivity contribution in [2.45, 2.75) is 17.7 Å². The molecule has 2 aromatic rings. The molecule has 1 fully saturated rings. The molecule has 2 aromatic carbocycles. The van der Waals surface area contributed by atoms with Gasteiger partial charge < -0.3 is 5.32 Å². The quantitative estimate of drug-likeness (QED) is 0.790. The summed E-state index contributed by atoms with van der Waals surface area (Å²) in [5.74, 6) is -0.296. The highest BCUT2D eigenvalue weighted by molar-refractivity contribution is 7.89. The standard InChI is InChI=1S/C19H19ClN2O3S/c20-16-6-3-15(4-7-16)5-12-19(23)21-17-8-10-18(11-9-17)26(24,25)22-13-1-2-14-22/h3-12H,1-2,13-14H2,(H,21,23)/b12-5+. The molecule has 5 nitrogen and oxygen atoms in total. The van der Waals surface area contributed by atoms with Crippen molar-refractivity contribution < 1.29 is 13.2 Å². The van der Waals surface area contributed by atoms with Gasteiger partial charge in [-0.15, -0.1) is 0 Å². The third-order valence-electron chi connectivity index (χ3n) is 4.12. The number of nitrogens with zero attached hydrogens (tertiary/aromatic N) is 1. The zero-order valence-corrected chi connectivity index (χ0v) is 15.6. The summed E-state index contributed by atoms with van der Waals surface area (Å²) in [6, 6.07) is 13.3. The van der Waals surface area contributed by atoms with Crippen LogP contribution in [0.4, 0.5) is 5.69 Å². The Labute approximate surface area is 158 Å². The van der Waals surface area contributed by atoms with Crippen LogP contribution in [0.15, 0.2) is 59.5 Å². The minimum absolute atomic E-state index is 0.245. The monoisotopic (exact) mass is 390 g/mol. The van der Waals surface area contributed by atoms with E-state index >= 15 is 0 Å². The molecule has 1 saturated heterocycles. The molecule has 136 valence electrons. The third-order valence-corrected chi connectivity index (χ3v) is 6.29. The molecule has 0 aliphatic carbocycles. The maximum Gasteiger partial charge on any atom is 0.248 e. The topological polar surface area (TPSA) is 66.5 Å². The van der Waals surface area contributed by atoms with Crippen LogP contribution in [0.2, 0.25) is 5.02 Å². The van der Waals surface area contributed by atoms with Gasteiger partial charge in [-0.2, -0.15) is 4.31 Å². The average Bonchev–Trinajstić information content (AvgIpc) is 3.17. The molecular formula is C19H19ClN2O3S. The van der Waals surface area contributed by atoms with E-state index in [0.29, 0.717) is 23.8 Å². The average molecular weight is 391 g/mol. The van der Waals surface area contributed by atoms with Crippen molar-refractivity contribution in [2.75, 3.05) is 18.4 Å². The number of nitrogens with one attached hydrogen (secondary N) is 1. The van der Waals surface area contributed by atoms with Gasteiger partial charge in [0.15, 0.2) is 0 Å². The first-order chi connectivity index (χ1) is 12.4. The number of hydrogen-bond donors (Lipinski definition) is 1. The molecule has 0 spiro atoms. The maximum absolute atomic E-state index is 12.5. The lowest BCUT2D eigenvalue weighted by Crippen LogP contribution is -2.27. The Balaban J connectivity index is 1.63. The molecular weight excluding hydrogens is 372 g/mol. The van der Waals surface area contributed by atoms with Gasteiger partial charge in [-0.25, -0.2) is 8.42 Å². The van der Waals surface area contributed by atoms with Gasteiger partial charge in [-0.3, -0.25) is 4.79 Å². The Morgan fingerprint density at radius 2 is 1.62 bits per heavy atom. The fourth-order valence-corrected chi connectivity index (χ4v) is 4.36. The Morgan fingerprint density at radius 3 is 2.23 bits per heavy atom. The molecule has 0 aromatic heterocycles. The van der Waals surface area contributed by atoms with Crippen molar-refractivity contribution in [3.8, 4) is 0 Å². The Hall–Kier alpha value is -2.15. The van der Waals surface area contributed by atoms with Crippen LogP contribution in [0.1, 0.15) is 18.4 Å². The predicted octanol–water partition coefficient (Wildman–Crippen LogP) is 3.78. The second-order valence-electron chi connectivity index (χ2n) is 6.01. The summed E-state index contributed by atoms with van der Waals surface area (Å²) in [5, 5.41) is 3.35. The van der Waals surface area contributed by atoms with Crippen LogP contribution in [0.3, 0.4) is 0 Å². The molecule has 1 aliphatic rings. The van der Waals surface area contributed by atoms with Gasteiger partial charge >= 0.3 is 0 Å². The number of carbonyl (C=O) groups excluding carboxylic acids is 1. The number of anilines is 1. The molecule has 1 aliphatic heterocycles. The van der Waals surface area contributed by atoms with Crippen molar-refractivity contribution in [3.63, 3.8) is 0 Å². The molecule has 1 heterocycles. The van der Waals surface area contributed by atoms with Gasteiger partial charge in [0.2, 0.25) is 15.9 Å². The van der Waals surface area contributed by atoms with Crippen molar-refractivity contribution >= 4 is 39.3 Å². The van der Waals surface area contributed by atoms with E-state index < -0.39 is 10.0 Å². The van der Waals surface area contributed by atoms with E-state index in [1.807, 2.05) is 12.1 Å². The maximum atomic E-state index is 12.5. The van der Waals surface area contributed by atoms with Crippen LogP contribution in [0.5, 0.6) is 0 Å². The summed E-state index contributed by atoms with van der Waals surface area (Å²) < 4.78 is 26.4. The zero-order valence-electron chi connectivity index (χ0n) is 14.1. The second kappa shape index (κ2) is 8.03. The summed E-state index contributed by atoms with van der Waals surface area (Å²) in [6.07, 6.45) is 4.89. The first-order valence-corrected chi connectivity index (χ1v) is 10.1. The van der Waals surface area contributed by atoms with E-state index in [1.54, 1.807) is 30.3 Å². The predicted molar refractivity (Wildman–Crippen MR) is 104 cm³/mol. The summed E-state index contributed by atoms with van der Waals surface area (Å²) >= 11 is 5.82. The van der Waals surface area contributed by atoms with Crippen molar-refractivity contribution in [3.05, 3.63) is 65.2 Å². The van der Waals surface area contributed by atoms with Crippen molar-refractivity contribution in [1.82, 2.24) is 4.31 Å². The van der Waals surface area contributed by atoms with Crippen molar-refractivity contribution in [1.29, 1.82) is 0 Å². The van der Waals surface area contributed by atoms with E-state index in [1.165, 1.54) is 22.5 Å². The van der Waals surface area contributed by atoms with Crippen LogP contribution in [-0.4, -0.2) is 31.7 Å². The number of carbonyl (C=O) groups is 1. The van der Waals surface area contributed by atoms with E-state index in [4.69, 9.17) is 11.6 Å². The van der Waals surface area contributed by atoms with Gasteiger partial charge in [0.1, 0.15) is 0 Å². The third kappa shape index (κ3) is 4.52. The van der Waals surface area contributed by atoms with Gasteiger partial charge in [-0.05, 0) is 60.9 Å². The highest BCUT2D eigenvalue weighted by atomic mass is 35.5. The minimum Gasteiger partial charge on any atom is -0.323 e. The Morgan fingerprint density at radius 1 is 1.00 bits per heavy atom. The molecule has 3 rings (SSSR count). The molecule has 0 radical (unpaired) electrons. The second-order valence-corrected chi connectivity index (χ2v) is 8.38. The normalized spacial score (nSPS) is 15.4. The summed E-state index contributed by atoms with van der Waals surface area (Å²) in [4.78, 5) is 12.2. The van der Waals surface area contributed by atoms with E-state index in [2.05, 4.69) is 5.32 Å². The molecule has 0 saturated carbocycles. The Kier molecular flexibility index (Phi) is 5.76. The fraction of sp³-hybridized carbons (Fsp3) is 0.211. The number of halogens is 1. The van der Waals surface area contributed by atoms with Crippen molar-refractivity contribution in [2.24, 2.45) is 0 Å². The summed E-state index contributed by atoms with van der Waals surface area (Å²) in [5.41, 5.74) is 1.40. The lowest BCUT2D eigenvalue weighted by Gasteiger charge is -2.15. The summed E-state index contributed by atoms with van der Waals surface area (Å²) in [7, 11) is -3.44. The lowest BCUT2D eigenvalue weighted by atomic mass is 10.2. The van der Waals surface area contributed by atoms with E-state index in [9.17, 15) is 13.2 Å². The molecule has 1 amide bonds. The smallest absolute Gasteiger partial charge is 0.248 e. The van der Waals surface area contributed by atoms with Gasteiger partial charge in [0, 0.05) is 29.9 Å². The van der Waals surface area contributed by atoms with E-state index in [0.717, 1.165) is 18.4 Å². The molecule has 0 bridgehead atoms.